The molecular weight excluding hydrogens is 436 g/mol. The summed E-state index contributed by atoms with van der Waals surface area (Å²) in [5, 5.41) is 0. The Balaban J connectivity index is 1.61. The highest BCUT2D eigenvalue weighted by Crippen LogP contribution is 2.30. The molecule has 1 fully saturated rings. The van der Waals surface area contributed by atoms with Crippen LogP contribution < -0.4 is 9.47 Å². The fourth-order valence-electron chi connectivity index (χ4n) is 3.80. The first-order valence-corrected chi connectivity index (χ1v) is 12.5. The molecule has 0 aliphatic carbocycles. The van der Waals surface area contributed by atoms with Gasteiger partial charge in [-0.3, -0.25) is 4.79 Å². The number of hydrogen-bond acceptors (Lipinski definition) is 6. The SMILES string of the molecule is COc1ccc(CCN(C)C(=O)C2CCCN(S(=O)(=O)c3ccc(C)s3)C2)cc1OC. The second-order valence-corrected chi connectivity index (χ2v) is 11.2. The zero-order valence-corrected chi connectivity index (χ0v) is 20.1. The quantitative estimate of drug-likeness (QED) is 0.597. The zero-order valence-electron chi connectivity index (χ0n) is 18.5. The minimum Gasteiger partial charge on any atom is -0.493 e. The van der Waals surface area contributed by atoms with Crippen LogP contribution in [0.1, 0.15) is 23.3 Å². The van der Waals surface area contributed by atoms with Gasteiger partial charge in [-0.2, -0.15) is 4.31 Å². The maximum absolute atomic E-state index is 13.0. The monoisotopic (exact) mass is 466 g/mol. The van der Waals surface area contributed by atoms with Crippen molar-refractivity contribution < 1.29 is 22.7 Å². The van der Waals surface area contributed by atoms with Gasteiger partial charge in [0.25, 0.3) is 10.0 Å². The molecule has 2 heterocycles. The number of ether oxygens (including phenoxy) is 2. The Morgan fingerprint density at radius 1 is 1.19 bits per heavy atom. The number of sulfonamides is 1. The number of methoxy groups -OCH3 is 2. The molecule has 1 unspecified atom stereocenters. The van der Waals surface area contributed by atoms with Crippen LogP contribution in [0.2, 0.25) is 0 Å². The van der Waals surface area contributed by atoms with E-state index in [-0.39, 0.29) is 18.4 Å². The van der Waals surface area contributed by atoms with Crippen LogP contribution in [0.15, 0.2) is 34.5 Å². The molecule has 1 atom stereocenters. The zero-order chi connectivity index (χ0) is 22.6. The average molecular weight is 467 g/mol. The fourth-order valence-corrected chi connectivity index (χ4v) is 6.76. The molecule has 0 bridgehead atoms. The average Bonchev–Trinajstić information content (AvgIpc) is 3.23. The van der Waals surface area contributed by atoms with Crippen molar-refractivity contribution in [1.29, 1.82) is 0 Å². The second kappa shape index (κ2) is 10.0. The van der Waals surface area contributed by atoms with Crippen molar-refractivity contribution in [2.75, 3.05) is 40.9 Å². The van der Waals surface area contributed by atoms with E-state index >= 15 is 0 Å². The molecule has 3 rings (SSSR count). The molecule has 0 saturated carbocycles. The van der Waals surface area contributed by atoms with Gasteiger partial charge >= 0.3 is 0 Å². The molecule has 0 radical (unpaired) electrons. The summed E-state index contributed by atoms with van der Waals surface area (Å²) in [6.45, 7) is 3.12. The van der Waals surface area contributed by atoms with E-state index in [0.717, 1.165) is 10.4 Å². The minimum absolute atomic E-state index is 0.0114. The third-order valence-corrected chi connectivity index (χ3v) is 8.94. The number of likely N-dealkylation sites (N-methyl/N-ethyl adjacent to an activating group) is 1. The van der Waals surface area contributed by atoms with Crippen LogP contribution in [0.4, 0.5) is 0 Å². The lowest BCUT2D eigenvalue weighted by atomic mass is 9.98. The van der Waals surface area contributed by atoms with Crippen LogP contribution in [-0.4, -0.2) is 64.4 Å². The lowest BCUT2D eigenvalue weighted by molar-refractivity contribution is -0.135. The Hall–Kier alpha value is -2.10. The van der Waals surface area contributed by atoms with E-state index in [1.807, 2.05) is 31.2 Å². The second-order valence-electron chi connectivity index (χ2n) is 7.77. The Kier molecular flexibility index (Phi) is 7.61. The van der Waals surface area contributed by atoms with Gasteiger partial charge in [-0.05, 0) is 56.0 Å². The van der Waals surface area contributed by atoms with Crippen molar-refractivity contribution in [2.24, 2.45) is 5.92 Å². The Bertz CT molecular complexity index is 1020. The maximum Gasteiger partial charge on any atom is 0.252 e. The number of aryl methyl sites for hydroxylation is 1. The van der Waals surface area contributed by atoms with E-state index in [2.05, 4.69) is 0 Å². The minimum atomic E-state index is -3.55. The molecule has 1 aliphatic rings. The predicted molar refractivity (Wildman–Crippen MR) is 121 cm³/mol. The number of benzene rings is 1. The summed E-state index contributed by atoms with van der Waals surface area (Å²) in [5.74, 6) is 0.994. The van der Waals surface area contributed by atoms with Crippen LogP contribution in [-0.2, 0) is 21.2 Å². The molecule has 170 valence electrons. The molecule has 0 N–H and O–H groups in total. The summed E-state index contributed by atoms with van der Waals surface area (Å²) in [6.07, 6.45) is 2.06. The number of carbonyl (C=O) groups is 1. The molecule has 1 aromatic carbocycles. The van der Waals surface area contributed by atoms with Gasteiger partial charge in [-0.15, -0.1) is 11.3 Å². The van der Waals surface area contributed by atoms with E-state index in [1.165, 1.54) is 15.6 Å². The number of thiophene rings is 1. The lowest BCUT2D eigenvalue weighted by Gasteiger charge is -2.33. The molecule has 0 spiro atoms. The normalized spacial score (nSPS) is 17.4. The van der Waals surface area contributed by atoms with Crippen molar-refractivity contribution in [3.8, 4) is 11.5 Å². The van der Waals surface area contributed by atoms with Crippen molar-refractivity contribution in [3.05, 3.63) is 40.8 Å². The fraction of sp³-hybridized carbons (Fsp3) is 0.500. The van der Waals surface area contributed by atoms with Gasteiger partial charge in [0.05, 0.1) is 20.1 Å². The van der Waals surface area contributed by atoms with Gasteiger partial charge in [-0.1, -0.05) is 6.07 Å². The summed E-state index contributed by atoms with van der Waals surface area (Å²) < 4.78 is 38.3. The summed E-state index contributed by atoms with van der Waals surface area (Å²) in [5.41, 5.74) is 1.04. The standard InChI is InChI=1S/C22H30N2O5S2/c1-16-7-10-21(30-16)31(26,27)24-12-5-6-18(15-24)22(25)23(2)13-11-17-8-9-19(28-3)20(14-17)29-4/h7-10,14,18H,5-6,11-13,15H2,1-4H3. The first-order valence-electron chi connectivity index (χ1n) is 10.3. The van der Waals surface area contributed by atoms with Crippen molar-refractivity contribution in [2.45, 2.75) is 30.4 Å². The molecule has 31 heavy (non-hydrogen) atoms. The van der Waals surface area contributed by atoms with Gasteiger partial charge in [0, 0.05) is 31.6 Å². The molecule has 9 heteroatoms. The van der Waals surface area contributed by atoms with Crippen LogP contribution in [0.5, 0.6) is 11.5 Å². The molecule has 2 aromatic rings. The summed E-state index contributed by atoms with van der Waals surface area (Å²) in [4.78, 5) is 15.7. The number of amides is 1. The van der Waals surface area contributed by atoms with Crippen LogP contribution in [0.25, 0.3) is 0 Å². The largest absolute Gasteiger partial charge is 0.493 e. The van der Waals surface area contributed by atoms with Crippen LogP contribution in [0.3, 0.4) is 0 Å². The third kappa shape index (κ3) is 5.39. The summed E-state index contributed by atoms with van der Waals surface area (Å²) >= 11 is 1.27. The molecular formula is C22H30N2O5S2. The molecule has 1 aromatic heterocycles. The number of piperidine rings is 1. The highest BCUT2D eigenvalue weighted by atomic mass is 32.2. The Morgan fingerprint density at radius 3 is 2.58 bits per heavy atom. The van der Waals surface area contributed by atoms with Gasteiger partial charge in [0.1, 0.15) is 4.21 Å². The van der Waals surface area contributed by atoms with E-state index < -0.39 is 10.0 Å². The number of nitrogens with zero attached hydrogens (tertiary/aromatic N) is 2. The predicted octanol–water partition coefficient (Wildman–Crippen LogP) is 3.18. The first kappa shape index (κ1) is 23.6. The highest BCUT2D eigenvalue weighted by molar-refractivity contribution is 7.91. The summed E-state index contributed by atoms with van der Waals surface area (Å²) in [7, 11) is 1.42. The highest BCUT2D eigenvalue weighted by Gasteiger charge is 2.35. The molecule has 1 aliphatic heterocycles. The summed E-state index contributed by atoms with van der Waals surface area (Å²) in [6, 6.07) is 9.18. The first-order chi connectivity index (χ1) is 14.8. The Labute approximate surface area is 188 Å². The van der Waals surface area contributed by atoms with E-state index in [0.29, 0.717) is 48.1 Å². The van der Waals surface area contributed by atoms with Crippen LogP contribution in [0, 0.1) is 12.8 Å². The molecule has 7 nitrogen and oxygen atoms in total. The smallest absolute Gasteiger partial charge is 0.252 e. The van der Waals surface area contributed by atoms with Crippen molar-refractivity contribution in [1.82, 2.24) is 9.21 Å². The van der Waals surface area contributed by atoms with Crippen molar-refractivity contribution in [3.63, 3.8) is 0 Å². The van der Waals surface area contributed by atoms with E-state index in [4.69, 9.17) is 9.47 Å². The Morgan fingerprint density at radius 2 is 1.94 bits per heavy atom. The van der Waals surface area contributed by atoms with Crippen molar-refractivity contribution >= 4 is 27.3 Å². The van der Waals surface area contributed by atoms with Crippen LogP contribution >= 0.6 is 11.3 Å². The third-order valence-electron chi connectivity index (χ3n) is 5.60. The van der Waals surface area contributed by atoms with E-state index in [1.54, 1.807) is 32.2 Å². The molecule has 1 saturated heterocycles. The molecule has 1 amide bonds. The van der Waals surface area contributed by atoms with Gasteiger partial charge in [0.15, 0.2) is 11.5 Å². The van der Waals surface area contributed by atoms with Gasteiger partial charge in [-0.25, -0.2) is 8.42 Å². The van der Waals surface area contributed by atoms with Gasteiger partial charge in [0.2, 0.25) is 5.91 Å². The topological polar surface area (TPSA) is 76.2 Å². The maximum atomic E-state index is 13.0. The lowest BCUT2D eigenvalue weighted by Crippen LogP contribution is -2.46. The van der Waals surface area contributed by atoms with Gasteiger partial charge < -0.3 is 14.4 Å². The number of hydrogen-bond donors (Lipinski definition) is 0. The van der Waals surface area contributed by atoms with E-state index in [9.17, 15) is 13.2 Å². The number of carbonyl (C=O) groups excluding carboxylic acids is 1. The number of rotatable bonds is 8.